The van der Waals surface area contributed by atoms with E-state index in [1.165, 1.54) is 0 Å². The van der Waals surface area contributed by atoms with Gasteiger partial charge in [-0.15, -0.1) is 11.8 Å². The summed E-state index contributed by atoms with van der Waals surface area (Å²) in [6.07, 6.45) is 5.20. The Hall–Kier alpha value is -4.22. The van der Waals surface area contributed by atoms with E-state index >= 15 is 0 Å². The molecule has 0 radical (unpaired) electrons. The Morgan fingerprint density at radius 3 is 2.56 bits per heavy atom. The minimum atomic E-state index is -2.47. The van der Waals surface area contributed by atoms with Crippen LogP contribution >= 0.6 is 30.5 Å². The average Bonchev–Trinajstić information content (AvgIpc) is 3.48. The minimum absolute atomic E-state index is 0.154. The Kier molecular flexibility index (Phi) is 11.5. The summed E-state index contributed by atoms with van der Waals surface area (Å²) in [5.41, 5.74) is 5.29. The predicted molar refractivity (Wildman–Crippen MR) is 213 cm³/mol. The Balaban J connectivity index is 0.910. The molecule has 2 fully saturated rings. The van der Waals surface area contributed by atoms with E-state index in [0.29, 0.717) is 54.0 Å². The summed E-state index contributed by atoms with van der Waals surface area (Å²) in [6, 6.07) is 19.7. The van der Waals surface area contributed by atoms with E-state index in [4.69, 9.17) is 21.3 Å². The number of fused-ring (bicyclic) bond motifs is 1. The number of aromatic nitrogens is 2. The first kappa shape index (κ1) is 38.1. The Morgan fingerprint density at radius 2 is 1.80 bits per heavy atom. The van der Waals surface area contributed by atoms with Crippen LogP contribution in [0.3, 0.4) is 0 Å². The number of amides is 3. The molecule has 282 valence electrons. The number of halogens is 1. The van der Waals surface area contributed by atoms with E-state index < -0.39 is 19.1 Å². The van der Waals surface area contributed by atoms with Crippen molar-refractivity contribution in [2.75, 3.05) is 44.3 Å². The molecule has 0 bridgehead atoms. The average molecular weight is 787 g/mol. The molecule has 3 aliphatic rings. The molecule has 3 aromatic carbocycles. The van der Waals surface area contributed by atoms with Crippen molar-refractivity contribution in [3.8, 4) is 5.75 Å². The minimum Gasteiger partial charge on any atom is -0.496 e. The molecule has 1 unspecified atom stereocenters. The van der Waals surface area contributed by atoms with Gasteiger partial charge in [-0.2, -0.15) is 0 Å². The number of carbonyl (C=O) groups excluding carboxylic acids is 3. The largest absolute Gasteiger partial charge is 0.496 e. The summed E-state index contributed by atoms with van der Waals surface area (Å²) >= 11 is 8.25. The van der Waals surface area contributed by atoms with Crippen molar-refractivity contribution in [2.24, 2.45) is 0 Å². The van der Waals surface area contributed by atoms with Crippen molar-refractivity contribution in [1.29, 1.82) is 0 Å². The second-order valence-corrected chi connectivity index (χ2v) is 19.0. The highest BCUT2D eigenvalue weighted by Gasteiger charge is 2.39. The second-order valence-electron chi connectivity index (χ2n) is 14.4. The van der Waals surface area contributed by atoms with E-state index in [1.54, 1.807) is 43.3 Å². The van der Waals surface area contributed by atoms with Gasteiger partial charge in [-0.1, -0.05) is 41.9 Å². The lowest BCUT2D eigenvalue weighted by Gasteiger charge is -2.34. The zero-order chi connectivity index (χ0) is 38.0. The van der Waals surface area contributed by atoms with Crippen molar-refractivity contribution < 1.29 is 23.7 Å². The summed E-state index contributed by atoms with van der Waals surface area (Å²) in [5.74, 6) is 1.33. The van der Waals surface area contributed by atoms with E-state index in [0.717, 1.165) is 70.1 Å². The van der Waals surface area contributed by atoms with Gasteiger partial charge < -0.3 is 24.4 Å². The zero-order valence-corrected chi connectivity index (χ0v) is 33.1. The summed E-state index contributed by atoms with van der Waals surface area (Å²) in [5, 5.41) is 7.38. The van der Waals surface area contributed by atoms with Gasteiger partial charge in [-0.25, -0.2) is 9.97 Å². The van der Waals surface area contributed by atoms with Crippen molar-refractivity contribution in [3.63, 3.8) is 0 Å². The Bertz CT molecular complexity index is 2140. The molecule has 0 spiro atoms. The lowest BCUT2D eigenvalue weighted by Crippen LogP contribution is -2.52. The second kappa shape index (κ2) is 16.3. The lowest BCUT2D eigenvalue weighted by molar-refractivity contribution is -0.136. The molecule has 0 saturated carbocycles. The van der Waals surface area contributed by atoms with E-state index in [2.05, 4.69) is 38.7 Å². The summed E-state index contributed by atoms with van der Waals surface area (Å²) in [7, 11) is -0.788. The molecule has 7 rings (SSSR count). The molecular formula is C40H44ClN6O5PS. The molecule has 11 nitrogen and oxygen atoms in total. The summed E-state index contributed by atoms with van der Waals surface area (Å²) in [4.78, 5) is 51.4. The van der Waals surface area contributed by atoms with Crippen molar-refractivity contribution in [3.05, 3.63) is 106 Å². The smallest absolute Gasteiger partial charge is 0.255 e. The van der Waals surface area contributed by atoms with Gasteiger partial charge in [0.1, 0.15) is 24.8 Å². The zero-order valence-electron chi connectivity index (χ0n) is 30.6. The number of piperidine rings is 2. The molecule has 2 N–H and O–H groups in total. The first-order valence-electron chi connectivity index (χ1n) is 18.2. The maximum Gasteiger partial charge on any atom is 0.255 e. The fourth-order valence-electron chi connectivity index (χ4n) is 7.49. The van der Waals surface area contributed by atoms with E-state index in [1.807, 2.05) is 42.5 Å². The van der Waals surface area contributed by atoms with Crippen molar-refractivity contribution in [1.82, 2.24) is 25.5 Å². The van der Waals surface area contributed by atoms with E-state index in [-0.39, 0.29) is 18.2 Å². The van der Waals surface area contributed by atoms with Crippen molar-refractivity contribution in [2.45, 2.75) is 62.0 Å². The summed E-state index contributed by atoms with van der Waals surface area (Å²) < 4.78 is 18.8. The molecule has 1 atom stereocenters. The number of carbonyl (C=O) groups is 3. The standard InChI is InChI=1S/C40H44ClN6O5PS/c1-52-35-21-29(9-8-25(35)20-37-42-22-32(41)33(44-37)19-26-6-4-5-7-36(26)53(2,3)51)46-16-14-28(15-17-46)43-24-54-30-10-11-31-27(18-30)23-47(40(31)50)34-12-13-38(48)45-39(34)49/h4-11,18,21-22,28,34,43H,12-17,19-20,23-24H2,1-3H3,(H,45,48,49). The molecule has 1 aromatic heterocycles. The van der Waals surface area contributed by atoms with Crippen LogP contribution in [0, 0.1) is 0 Å². The van der Waals surface area contributed by atoms with Crippen LogP contribution in [0.15, 0.2) is 71.8 Å². The van der Waals surface area contributed by atoms with Crippen LogP contribution in [0.1, 0.15) is 64.2 Å². The normalized spacial score (nSPS) is 17.9. The fraction of sp³-hybridized carbons (Fsp3) is 0.375. The number of ether oxygens (including phenoxy) is 1. The molecule has 4 heterocycles. The molecule has 3 aliphatic heterocycles. The Labute approximate surface area is 325 Å². The number of thioether (sulfide) groups is 1. The topological polar surface area (TPSA) is 134 Å². The third kappa shape index (κ3) is 8.52. The molecule has 0 aliphatic carbocycles. The third-order valence-corrected chi connectivity index (χ3v) is 13.2. The summed E-state index contributed by atoms with van der Waals surface area (Å²) in [6.45, 7) is 5.76. The first-order chi connectivity index (χ1) is 26.0. The van der Waals surface area contributed by atoms with Crippen LogP contribution < -0.4 is 25.6 Å². The number of methoxy groups -OCH3 is 1. The van der Waals surface area contributed by atoms with Gasteiger partial charge in [0.2, 0.25) is 11.8 Å². The van der Waals surface area contributed by atoms with Gasteiger partial charge in [0, 0.05) is 90.1 Å². The van der Waals surface area contributed by atoms with Gasteiger partial charge in [-0.3, -0.25) is 19.7 Å². The van der Waals surface area contributed by atoms with Crippen LogP contribution in [-0.2, 0) is 33.5 Å². The maximum absolute atomic E-state index is 13.0. The molecule has 3 amide bonds. The number of benzene rings is 3. The van der Waals surface area contributed by atoms with Gasteiger partial charge in [0.05, 0.1) is 17.8 Å². The van der Waals surface area contributed by atoms with E-state index in [9.17, 15) is 18.9 Å². The number of nitrogens with one attached hydrogen (secondary N) is 2. The number of nitrogens with zero attached hydrogens (tertiary/aromatic N) is 4. The van der Waals surface area contributed by atoms with Gasteiger partial charge in [0.15, 0.2) is 0 Å². The maximum atomic E-state index is 13.0. The molecular weight excluding hydrogens is 743 g/mol. The monoisotopic (exact) mass is 786 g/mol. The van der Waals surface area contributed by atoms with Crippen LogP contribution in [0.4, 0.5) is 5.69 Å². The van der Waals surface area contributed by atoms with Crippen LogP contribution in [0.25, 0.3) is 0 Å². The number of anilines is 1. The predicted octanol–water partition coefficient (Wildman–Crippen LogP) is 5.64. The highest BCUT2D eigenvalue weighted by molar-refractivity contribution is 7.99. The van der Waals surface area contributed by atoms with Crippen molar-refractivity contribution >= 4 is 59.2 Å². The fourth-order valence-corrected chi connectivity index (χ4v) is 9.81. The lowest BCUT2D eigenvalue weighted by atomic mass is 10.0. The van der Waals surface area contributed by atoms with Crippen LogP contribution in [0.2, 0.25) is 5.02 Å². The first-order valence-corrected chi connectivity index (χ1v) is 22.1. The van der Waals surface area contributed by atoms with Crippen LogP contribution in [0.5, 0.6) is 5.75 Å². The van der Waals surface area contributed by atoms with Gasteiger partial charge in [-0.05, 0) is 68.0 Å². The molecule has 2 saturated heterocycles. The highest BCUT2D eigenvalue weighted by Crippen LogP contribution is 2.37. The Morgan fingerprint density at radius 1 is 1.00 bits per heavy atom. The quantitative estimate of drug-likeness (QED) is 0.0805. The van der Waals surface area contributed by atoms with Gasteiger partial charge >= 0.3 is 0 Å². The number of imide groups is 1. The van der Waals surface area contributed by atoms with Crippen LogP contribution in [-0.4, -0.2) is 84.1 Å². The molecule has 4 aromatic rings. The number of hydrogen-bond donors (Lipinski definition) is 2. The highest BCUT2D eigenvalue weighted by atomic mass is 35.5. The van der Waals surface area contributed by atoms with Gasteiger partial charge in [0.25, 0.3) is 5.91 Å². The molecule has 14 heteroatoms. The molecule has 54 heavy (non-hydrogen) atoms. The number of rotatable bonds is 12. The number of hydrogen-bond acceptors (Lipinski definition) is 10. The third-order valence-electron chi connectivity index (χ3n) is 10.4. The SMILES string of the molecule is COc1cc(N2CCC(NCSc3ccc4c(c3)CN(C3CCC(=O)NC3=O)C4=O)CC2)ccc1Cc1ncc(Cl)c(Cc2ccccc2P(C)(C)=O)n1.